The number of esters is 1. The van der Waals surface area contributed by atoms with Crippen LogP contribution in [0.5, 0.6) is 0 Å². The van der Waals surface area contributed by atoms with Crippen LogP contribution >= 0.6 is 11.6 Å². The lowest BCUT2D eigenvalue weighted by Crippen LogP contribution is -2.03. The predicted molar refractivity (Wildman–Crippen MR) is 40.9 cm³/mol. The first-order valence-electron chi connectivity index (χ1n) is 3.25. The summed E-state index contributed by atoms with van der Waals surface area (Å²) in [5.41, 5.74) is 0. The third-order valence-electron chi connectivity index (χ3n) is 0.854. The largest absolute Gasteiger partial charge is 0.462 e. The van der Waals surface area contributed by atoms with E-state index in [0.29, 0.717) is 6.61 Å². The van der Waals surface area contributed by atoms with Gasteiger partial charge >= 0.3 is 5.97 Å². The van der Waals surface area contributed by atoms with E-state index in [9.17, 15) is 4.79 Å². The van der Waals surface area contributed by atoms with Crippen LogP contribution in [0.25, 0.3) is 0 Å². The Morgan fingerprint density at radius 1 is 1.60 bits per heavy atom. The Balaban J connectivity index is 3.82. The monoisotopic (exact) mass is 162 g/mol. The Kier molecular flexibility index (Phi) is 5.03. The summed E-state index contributed by atoms with van der Waals surface area (Å²) in [6, 6.07) is 0. The molecule has 2 nitrogen and oxygen atoms in total. The number of hydrogen-bond acceptors (Lipinski definition) is 2. The highest BCUT2D eigenvalue weighted by atomic mass is 35.5. The highest BCUT2D eigenvalue weighted by Crippen LogP contribution is 2.04. The average Bonchev–Trinajstić information content (AvgIpc) is 1.89. The van der Waals surface area contributed by atoms with Crippen LogP contribution in [0.3, 0.4) is 0 Å². The van der Waals surface area contributed by atoms with Gasteiger partial charge in [0, 0.05) is 0 Å². The molecule has 0 fully saturated rings. The summed E-state index contributed by atoms with van der Waals surface area (Å²) in [5, 5.41) is 0.171. The number of rotatable bonds is 3. The van der Waals surface area contributed by atoms with E-state index in [1.54, 1.807) is 13.0 Å². The molecule has 0 aromatic rings. The van der Waals surface area contributed by atoms with Crippen molar-refractivity contribution < 1.29 is 9.53 Å². The Morgan fingerprint density at radius 2 is 2.20 bits per heavy atom. The molecule has 3 heteroatoms. The molecule has 0 aliphatic rings. The minimum absolute atomic E-state index is 0.171. The summed E-state index contributed by atoms with van der Waals surface area (Å²) < 4.78 is 4.62. The number of ether oxygens (including phenoxy) is 1. The molecule has 0 amide bonds. The van der Waals surface area contributed by atoms with Crippen LogP contribution in [-0.2, 0) is 9.53 Å². The van der Waals surface area contributed by atoms with E-state index in [-0.39, 0.29) is 5.03 Å². The van der Waals surface area contributed by atoms with Gasteiger partial charge in [0.05, 0.1) is 6.61 Å². The van der Waals surface area contributed by atoms with Crippen molar-refractivity contribution in [3.8, 4) is 0 Å². The fourth-order valence-electron chi connectivity index (χ4n) is 0.463. The number of carbonyl (C=O) groups excluding carboxylic acids is 1. The van der Waals surface area contributed by atoms with Crippen molar-refractivity contribution in [1.29, 1.82) is 0 Å². The summed E-state index contributed by atoms with van der Waals surface area (Å²) in [5.74, 6) is -0.439. The molecule has 0 unspecified atom stereocenters. The lowest BCUT2D eigenvalue weighted by atomic mass is 10.4. The van der Waals surface area contributed by atoms with Crippen LogP contribution in [0, 0.1) is 0 Å². The van der Waals surface area contributed by atoms with Crippen molar-refractivity contribution in [3.63, 3.8) is 0 Å². The lowest BCUT2D eigenvalue weighted by Gasteiger charge is -1.97. The van der Waals surface area contributed by atoms with Gasteiger partial charge in [-0.05, 0) is 13.3 Å². The minimum Gasteiger partial charge on any atom is -0.462 e. The molecule has 0 N–H and O–H groups in total. The van der Waals surface area contributed by atoms with Crippen molar-refractivity contribution in [2.24, 2.45) is 0 Å². The topological polar surface area (TPSA) is 26.3 Å². The smallest absolute Gasteiger partial charge is 0.349 e. The van der Waals surface area contributed by atoms with Crippen molar-refractivity contribution in [3.05, 3.63) is 11.1 Å². The number of halogens is 1. The van der Waals surface area contributed by atoms with Crippen molar-refractivity contribution in [1.82, 2.24) is 0 Å². The van der Waals surface area contributed by atoms with Gasteiger partial charge in [-0.25, -0.2) is 4.79 Å². The van der Waals surface area contributed by atoms with Gasteiger partial charge < -0.3 is 4.74 Å². The fourth-order valence-corrected chi connectivity index (χ4v) is 0.671. The molecule has 0 aromatic heterocycles. The number of hydrogen-bond donors (Lipinski definition) is 0. The van der Waals surface area contributed by atoms with E-state index in [1.165, 1.54) is 0 Å². The van der Waals surface area contributed by atoms with Crippen LogP contribution in [0.1, 0.15) is 20.3 Å². The van der Waals surface area contributed by atoms with E-state index < -0.39 is 5.97 Å². The summed E-state index contributed by atoms with van der Waals surface area (Å²) in [6.45, 7) is 4.02. The van der Waals surface area contributed by atoms with Crippen LogP contribution < -0.4 is 0 Å². The van der Waals surface area contributed by atoms with Gasteiger partial charge in [-0.3, -0.25) is 0 Å². The predicted octanol–water partition coefficient (Wildman–Crippen LogP) is 2.08. The lowest BCUT2D eigenvalue weighted by molar-refractivity contribution is -0.137. The van der Waals surface area contributed by atoms with Gasteiger partial charge in [0.15, 0.2) is 0 Å². The third-order valence-corrected chi connectivity index (χ3v) is 1.16. The Hall–Kier alpha value is -0.500. The van der Waals surface area contributed by atoms with E-state index in [1.807, 2.05) is 6.92 Å². The molecule has 0 spiro atoms. The number of allylic oxidation sites excluding steroid dienone is 1. The summed E-state index contributed by atoms with van der Waals surface area (Å²) in [4.78, 5) is 10.7. The normalized spacial score (nSPS) is 11.3. The molecule has 0 rings (SSSR count). The molecule has 0 aliphatic carbocycles. The van der Waals surface area contributed by atoms with E-state index >= 15 is 0 Å². The van der Waals surface area contributed by atoms with Gasteiger partial charge in [-0.2, -0.15) is 0 Å². The van der Waals surface area contributed by atoms with Gasteiger partial charge in [-0.15, -0.1) is 0 Å². The second kappa shape index (κ2) is 5.30. The highest BCUT2D eigenvalue weighted by molar-refractivity contribution is 6.41. The molecule has 58 valence electrons. The molecular weight excluding hydrogens is 152 g/mol. The molecule has 0 saturated heterocycles. The Bertz CT molecular complexity index is 141. The zero-order chi connectivity index (χ0) is 7.98. The van der Waals surface area contributed by atoms with Crippen molar-refractivity contribution in [2.45, 2.75) is 20.3 Å². The van der Waals surface area contributed by atoms with Gasteiger partial charge in [0.25, 0.3) is 0 Å². The molecule has 0 atom stereocenters. The maximum absolute atomic E-state index is 10.7. The van der Waals surface area contributed by atoms with Crippen molar-refractivity contribution >= 4 is 17.6 Å². The first-order chi connectivity index (χ1) is 4.72. The van der Waals surface area contributed by atoms with Gasteiger partial charge in [0.2, 0.25) is 0 Å². The molecular formula is C7H11ClO2. The quantitative estimate of drug-likeness (QED) is 0.469. The molecule has 0 aromatic carbocycles. The average molecular weight is 163 g/mol. The van der Waals surface area contributed by atoms with Crippen LogP contribution in [0.2, 0.25) is 0 Å². The molecule has 0 heterocycles. The zero-order valence-corrected chi connectivity index (χ0v) is 6.94. The molecule has 0 aliphatic heterocycles. The maximum Gasteiger partial charge on any atom is 0.349 e. The van der Waals surface area contributed by atoms with Crippen molar-refractivity contribution in [2.75, 3.05) is 6.61 Å². The Labute approximate surface area is 65.8 Å². The minimum atomic E-state index is -0.439. The molecule has 0 saturated carbocycles. The molecule has 0 radical (unpaired) electrons. The fraction of sp³-hybridized carbons (Fsp3) is 0.571. The second-order valence-electron chi connectivity index (χ2n) is 1.68. The highest BCUT2D eigenvalue weighted by Gasteiger charge is 2.04. The maximum atomic E-state index is 10.7. The van der Waals surface area contributed by atoms with E-state index in [2.05, 4.69) is 4.74 Å². The van der Waals surface area contributed by atoms with E-state index in [4.69, 9.17) is 11.6 Å². The number of carbonyl (C=O) groups is 1. The summed E-state index contributed by atoms with van der Waals surface area (Å²) >= 11 is 5.50. The van der Waals surface area contributed by atoms with Gasteiger partial charge in [0.1, 0.15) is 5.03 Å². The summed E-state index contributed by atoms with van der Waals surface area (Å²) in [6.07, 6.45) is 2.37. The molecule has 10 heavy (non-hydrogen) atoms. The first kappa shape index (κ1) is 9.50. The van der Waals surface area contributed by atoms with Gasteiger partial charge in [-0.1, -0.05) is 24.6 Å². The van der Waals surface area contributed by atoms with Crippen LogP contribution in [0.4, 0.5) is 0 Å². The second-order valence-corrected chi connectivity index (χ2v) is 2.09. The van der Waals surface area contributed by atoms with E-state index in [0.717, 1.165) is 6.42 Å². The first-order valence-corrected chi connectivity index (χ1v) is 3.63. The molecule has 0 bridgehead atoms. The third kappa shape index (κ3) is 3.51. The van der Waals surface area contributed by atoms with Crippen LogP contribution in [0.15, 0.2) is 11.1 Å². The standard InChI is InChI=1S/C7H11ClO2/c1-3-5-6(8)7(9)10-4-2/h5H,3-4H2,1-2H3/b6-5+. The summed E-state index contributed by atoms with van der Waals surface area (Å²) in [7, 11) is 0. The zero-order valence-electron chi connectivity index (χ0n) is 6.19. The SMILES string of the molecule is CC/C=C(/Cl)C(=O)OCC. The Morgan fingerprint density at radius 3 is 2.60 bits per heavy atom. The van der Waals surface area contributed by atoms with Crippen LogP contribution in [-0.4, -0.2) is 12.6 Å².